The normalized spacial score (nSPS) is 19.2. The predicted molar refractivity (Wildman–Crippen MR) is 66.5 cm³/mol. The first-order valence-corrected chi connectivity index (χ1v) is 6.27. The molecule has 1 N–H and O–H groups in total. The molecular formula is C11H12ClF3N4O. The minimum absolute atomic E-state index is 0.101. The van der Waals surface area contributed by atoms with Gasteiger partial charge in [-0.1, -0.05) is 0 Å². The van der Waals surface area contributed by atoms with Crippen LogP contribution in [0.5, 0.6) is 0 Å². The molecule has 0 saturated carbocycles. The summed E-state index contributed by atoms with van der Waals surface area (Å²) < 4.78 is 38.0. The van der Waals surface area contributed by atoms with Gasteiger partial charge in [-0.05, 0) is 18.0 Å². The summed E-state index contributed by atoms with van der Waals surface area (Å²) in [6.45, 7) is 2.28. The van der Waals surface area contributed by atoms with E-state index in [-0.39, 0.29) is 17.8 Å². The van der Waals surface area contributed by atoms with Crippen molar-refractivity contribution in [1.82, 2.24) is 15.3 Å². The van der Waals surface area contributed by atoms with Crippen molar-refractivity contribution in [1.29, 1.82) is 0 Å². The van der Waals surface area contributed by atoms with E-state index >= 15 is 0 Å². The lowest BCUT2D eigenvalue weighted by molar-refractivity contribution is -0.141. The van der Waals surface area contributed by atoms with Gasteiger partial charge in [0.25, 0.3) is 0 Å². The van der Waals surface area contributed by atoms with Gasteiger partial charge in [0.2, 0.25) is 11.2 Å². The fourth-order valence-corrected chi connectivity index (χ4v) is 2.26. The molecule has 9 heteroatoms. The molecule has 1 unspecified atom stereocenters. The highest BCUT2D eigenvalue weighted by Gasteiger charge is 2.35. The number of rotatable bonds is 2. The summed E-state index contributed by atoms with van der Waals surface area (Å²) >= 11 is 5.54. The molecule has 20 heavy (non-hydrogen) atoms. The molecular weight excluding hydrogens is 297 g/mol. The highest BCUT2D eigenvalue weighted by Crippen LogP contribution is 2.31. The minimum Gasteiger partial charge on any atom is -0.354 e. The second-order valence-electron chi connectivity index (χ2n) is 4.51. The van der Waals surface area contributed by atoms with E-state index in [9.17, 15) is 18.0 Å². The second kappa shape index (κ2) is 5.43. The Morgan fingerprint density at radius 1 is 1.50 bits per heavy atom. The van der Waals surface area contributed by atoms with E-state index in [0.717, 1.165) is 6.07 Å². The number of carbonyl (C=O) groups is 1. The quantitative estimate of drug-likeness (QED) is 0.847. The summed E-state index contributed by atoms with van der Waals surface area (Å²) in [7, 11) is 0. The SMILES string of the molecule is CC(=O)NC1CCN(c2cc(C(F)(F)F)nc(Cl)n2)C1. The zero-order valence-corrected chi connectivity index (χ0v) is 11.3. The molecule has 1 aromatic rings. The third-order valence-corrected chi connectivity index (χ3v) is 3.06. The number of hydrogen-bond donors (Lipinski definition) is 1. The summed E-state index contributed by atoms with van der Waals surface area (Å²) in [6, 6.07) is 0.762. The van der Waals surface area contributed by atoms with Crippen molar-refractivity contribution < 1.29 is 18.0 Å². The summed E-state index contributed by atoms with van der Waals surface area (Å²) in [6.07, 6.45) is -3.93. The molecule has 1 atom stereocenters. The maximum atomic E-state index is 12.7. The molecule has 1 aliphatic rings. The summed E-state index contributed by atoms with van der Waals surface area (Å²) in [5.41, 5.74) is -1.07. The molecule has 2 rings (SSSR count). The topological polar surface area (TPSA) is 58.1 Å². The van der Waals surface area contributed by atoms with Crippen molar-refractivity contribution in [3.05, 3.63) is 17.0 Å². The molecule has 0 aromatic carbocycles. The van der Waals surface area contributed by atoms with Gasteiger partial charge in [-0.3, -0.25) is 4.79 Å². The van der Waals surface area contributed by atoms with Crippen LogP contribution in [-0.4, -0.2) is 35.0 Å². The van der Waals surface area contributed by atoms with E-state index in [2.05, 4.69) is 15.3 Å². The van der Waals surface area contributed by atoms with Gasteiger partial charge in [0.1, 0.15) is 5.82 Å². The van der Waals surface area contributed by atoms with E-state index in [1.54, 1.807) is 4.90 Å². The van der Waals surface area contributed by atoms with Crippen LogP contribution in [0, 0.1) is 0 Å². The number of amides is 1. The van der Waals surface area contributed by atoms with Crippen molar-refractivity contribution in [2.75, 3.05) is 18.0 Å². The molecule has 0 bridgehead atoms. The van der Waals surface area contributed by atoms with Gasteiger partial charge in [0.15, 0.2) is 5.69 Å². The maximum absolute atomic E-state index is 12.7. The number of halogens is 4. The largest absolute Gasteiger partial charge is 0.433 e. The average Bonchev–Trinajstić information content (AvgIpc) is 2.74. The molecule has 1 saturated heterocycles. The van der Waals surface area contributed by atoms with Gasteiger partial charge in [-0.15, -0.1) is 0 Å². The number of nitrogens with one attached hydrogen (secondary N) is 1. The molecule has 5 nitrogen and oxygen atoms in total. The first-order chi connectivity index (χ1) is 9.25. The highest BCUT2D eigenvalue weighted by atomic mass is 35.5. The predicted octanol–water partition coefficient (Wildman–Crippen LogP) is 1.86. The van der Waals surface area contributed by atoms with E-state index < -0.39 is 17.2 Å². The van der Waals surface area contributed by atoms with Crippen molar-refractivity contribution in [3.63, 3.8) is 0 Å². The van der Waals surface area contributed by atoms with Crippen LogP contribution in [0.1, 0.15) is 19.0 Å². The van der Waals surface area contributed by atoms with Crippen LogP contribution in [-0.2, 0) is 11.0 Å². The second-order valence-corrected chi connectivity index (χ2v) is 4.85. The van der Waals surface area contributed by atoms with Gasteiger partial charge in [-0.25, -0.2) is 9.97 Å². The third-order valence-electron chi connectivity index (χ3n) is 2.90. The summed E-state index contributed by atoms with van der Waals surface area (Å²) in [5, 5.41) is 2.28. The Morgan fingerprint density at radius 2 is 2.20 bits per heavy atom. The Hall–Kier alpha value is -1.57. The van der Waals surface area contributed by atoms with Gasteiger partial charge < -0.3 is 10.2 Å². The van der Waals surface area contributed by atoms with Crippen LogP contribution in [0.25, 0.3) is 0 Å². The molecule has 1 aromatic heterocycles. The molecule has 2 heterocycles. The molecule has 1 amide bonds. The zero-order valence-electron chi connectivity index (χ0n) is 10.5. The smallest absolute Gasteiger partial charge is 0.354 e. The van der Waals surface area contributed by atoms with Gasteiger partial charge in [0, 0.05) is 32.1 Å². The molecule has 1 aliphatic heterocycles. The Kier molecular flexibility index (Phi) is 4.03. The third kappa shape index (κ3) is 3.50. The fraction of sp³-hybridized carbons (Fsp3) is 0.545. The number of nitrogens with zero attached hydrogens (tertiary/aromatic N) is 3. The van der Waals surface area contributed by atoms with Crippen molar-refractivity contribution in [3.8, 4) is 0 Å². The highest BCUT2D eigenvalue weighted by molar-refractivity contribution is 6.28. The van der Waals surface area contributed by atoms with Crippen molar-refractivity contribution in [2.45, 2.75) is 25.6 Å². The average molecular weight is 309 g/mol. The van der Waals surface area contributed by atoms with Gasteiger partial charge in [0.05, 0.1) is 0 Å². The monoisotopic (exact) mass is 308 g/mol. The Morgan fingerprint density at radius 3 is 2.80 bits per heavy atom. The number of anilines is 1. The standard InChI is InChI=1S/C11H12ClF3N4O/c1-6(20)16-7-2-3-19(5-7)9-4-8(11(13,14)15)17-10(12)18-9/h4,7H,2-3,5H2,1H3,(H,16,20). The first kappa shape index (κ1) is 14.8. The van der Waals surface area contributed by atoms with Crippen molar-refractivity contribution in [2.24, 2.45) is 0 Å². The number of hydrogen-bond acceptors (Lipinski definition) is 4. The fourth-order valence-electron chi connectivity index (χ4n) is 2.09. The van der Waals surface area contributed by atoms with Crippen LogP contribution < -0.4 is 10.2 Å². The van der Waals surface area contributed by atoms with Crippen LogP contribution in [0.2, 0.25) is 5.28 Å². The van der Waals surface area contributed by atoms with Gasteiger partial charge in [-0.2, -0.15) is 13.2 Å². The van der Waals surface area contributed by atoms with Crippen LogP contribution >= 0.6 is 11.6 Å². The lowest BCUT2D eigenvalue weighted by Gasteiger charge is -2.19. The van der Waals surface area contributed by atoms with E-state index in [0.29, 0.717) is 19.5 Å². The zero-order chi connectivity index (χ0) is 14.9. The lowest BCUT2D eigenvalue weighted by Crippen LogP contribution is -2.35. The Labute approximate surface area is 118 Å². The first-order valence-electron chi connectivity index (χ1n) is 5.89. The van der Waals surface area contributed by atoms with Gasteiger partial charge >= 0.3 is 6.18 Å². The molecule has 110 valence electrons. The Balaban J connectivity index is 2.18. The van der Waals surface area contributed by atoms with Crippen LogP contribution in [0.15, 0.2) is 6.07 Å². The molecule has 1 fully saturated rings. The molecule has 0 aliphatic carbocycles. The number of aromatic nitrogens is 2. The van der Waals surface area contributed by atoms with E-state index in [1.807, 2.05) is 0 Å². The molecule has 0 radical (unpaired) electrons. The summed E-state index contributed by atoms with van der Waals surface area (Å²) in [5.74, 6) is -0.0567. The maximum Gasteiger partial charge on any atom is 0.433 e. The van der Waals surface area contributed by atoms with Crippen LogP contribution in [0.4, 0.5) is 19.0 Å². The Bertz CT molecular complexity index is 523. The van der Waals surface area contributed by atoms with Crippen LogP contribution in [0.3, 0.4) is 0 Å². The summed E-state index contributed by atoms with van der Waals surface area (Å²) in [4.78, 5) is 19.6. The number of alkyl halides is 3. The number of carbonyl (C=O) groups excluding carboxylic acids is 1. The minimum atomic E-state index is -4.57. The van der Waals surface area contributed by atoms with Crippen molar-refractivity contribution >= 4 is 23.3 Å². The lowest BCUT2D eigenvalue weighted by atomic mass is 10.2. The molecule has 0 spiro atoms. The van der Waals surface area contributed by atoms with E-state index in [1.165, 1.54) is 6.92 Å². The van der Waals surface area contributed by atoms with E-state index in [4.69, 9.17) is 11.6 Å².